The minimum absolute atomic E-state index is 0.00944. The maximum atomic E-state index is 12.3. The van der Waals surface area contributed by atoms with Gasteiger partial charge < -0.3 is 10.2 Å². The number of hydrogen-bond acceptors (Lipinski definition) is 4. The third-order valence-electron chi connectivity index (χ3n) is 4.87. The third-order valence-corrected chi connectivity index (χ3v) is 5.54. The summed E-state index contributed by atoms with van der Waals surface area (Å²) in [7, 11) is 2.17. The summed E-state index contributed by atoms with van der Waals surface area (Å²) in [6.07, 6.45) is 9.28. The summed E-state index contributed by atoms with van der Waals surface area (Å²) in [5, 5.41) is 4.00. The maximum absolute atomic E-state index is 12.3. The van der Waals surface area contributed by atoms with Crippen LogP contribution >= 0.6 is 11.8 Å². The molecule has 5 nitrogen and oxygen atoms in total. The molecule has 2 aromatic rings. The highest BCUT2D eigenvalue weighted by molar-refractivity contribution is 7.98. The van der Waals surface area contributed by atoms with Crippen LogP contribution < -0.4 is 5.32 Å². The van der Waals surface area contributed by atoms with Gasteiger partial charge in [0.15, 0.2) is 5.16 Å². The van der Waals surface area contributed by atoms with E-state index in [0.29, 0.717) is 5.56 Å². The fourth-order valence-corrected chi connectivity index (χ4v) is 3.78. The molecule has 0 aliphatic carbocycles. The second kappa shape index (κ2) is 8.54. The molecule has 0 bridgehead atoms. The monoisotopic (exact) mass is 358 g/mol. The molecule has 134 valence electrons. The van der Waals surface area contributed by atoms with Crippen molar-refractivity contribution in [3.8, 4) is 5.69 Å². The van der Waals surface area contributed by atoms with Crippen LogP contribution in [0.15, 0.2) is 41.8 Å². The quantitative estimate of drug-likeness (QED) is 0.807. The second-order valence-corrected chi connectivity index (χ2v) is 7.40. The number of nitrogens with zero attached hydrogens (tertiary/aromatic N) is 3. The van der Waals surface area contributed by atoms with E-state index in [4.69, 9.17) is 0 Å². The van der Waals surface area contributed by atoms with Crippen molar-refractivity contribution in [2.45, 2.75) is 24.4 Å². The Bertz CT molecular complexity index is 690. The summed E-state index contributed by atoms with van der Waals surface area (Å²) in [5.74, 6) is 0.750. The van der Waals surface area contributed by atoms with Gasteiger partial charge in [-0.15, -0.1) is 0 Å². The smallest absolute Gasteiger partial charge is 0.251 e. The van der Waals surface area contributed by atoms with E-state index in [1.807, 2.05) is 41.3 Å². The molecule has 1 aliphatic rings. The van der Waals surface area contributed by atoms with E-state index in [1.54, 1.807) is 18.0 Å². The number of rotatable bonds is 6. The predicted octanol–water partition coefficient (Wildman–Crippen LogP) is 3.06. The lowest BCUT2D eigenvalue weighted by Crippen LogP contribution is -2.32. The number of benzene rings is 1. The molecule has 1 N–H and O–H groups in total. The number of amides is 1. The Balaban J connectivity index is 1.51. The highest BCUT2D eigenvalue weighted by atomic mass is 32.2. The number of imidazole rings is 1. The zero-order valence-corrected chi connectivity index (χ0v) is 15.8. The van der Waals surface area contributed by atoms with E-state index >= 15 is 0 Å². The van der Waals surface area contributed by atoms with Crippen LogP contribution in [-0.2, 0) is 0 Å². The van der Waals surface area contributed by atoms with E-state index in [1.165, 1.54) is 25.9 Å². The molecular weight excluding hydrogens is 332 g/mol. The molecule has 1 aromatic carbocycles. The van der Waals surface area contributed by atoms with Crippen molar-refractivity contribution in [1.82, 2.24) is 19.8 Å². The molecule has 1 saturated heterocycles. The Kier molecular flexibility index (Phi) is 6.15. The molecule has 1 amide bonds. The Morgan fingerprint density at radius 1 is 1.28 bits per heavy atom. The van der Waals surface area contributed by atoms with Crippen molar-refractivity contribution >= 4 is 17.7 Å². The van der Waals surface area contributed by atoms with Gasteiger partial charge in [0.1, 0.15) is 0 Å². The number of nitrogens with one attached hydrogen (secondary N) is 1. The Hall–Kier alpha value is -1.79. The first kappa shape index (κ1) is 18.0. The van der Waals surface area contributed by atoms with Gasteiger partial charge in [-0.25, -0.2) is 4.98 Å². The first-order chi connectivity index (χ1) is 12.2. The molecule has 1 aromatic heterocycles. The summed E-state index contributed by atoms with van der Waals surface area (Å²) < 4.78 is 2.02. The van der Waals surface area contributed by atoms with Crippen LogP contribution in [0.4, 0.5) is 0 Å². The molecule has 0 spiro atoms. The van der Waals surface area contributed by atoms with E-state index in [9.17, 15) is 4.79 Å². The van der Waals surface area contributed by atoms with E-state index < -0.39 is 0 Å². The van der Waals surface area contributed by atoms with E-state index in [-0.39, 0.29) is 5.91 Å². The summed E-state index contributed by atoms with van der Waals surface area (Å²) in [6, 6.07) is 7.69. The van der Waals surface area contributed by atoms with Gasteiger partial charge in [0, 0.05) is 30.2 Å². The maximum Gasteiger partial charge on any atom is 0.251 e. The number of carbonyl (C=O) groups excluding carboxylic acids is 1. The zero-order chi connectivity index (χ0) is 17.6. The zero-order valence-electron chi connectivity index (χ0n) is 14.9. The third kappa shape index (κ3) is 4.64. The van der Waals surface area contributed by atoms with Crippen LogP contribution in [0.25, 0.3) is 5.69 Å². The number of piperidine rings is 1. The number of hydrogen-bond donors (Lipinski definition) is 1. The average Bonchev–Trinajstić information content (AvgIpc) is 3.12. The molecule has 2 heterocycles. The van der Waals surface area contributed by atoms with Crippen LogP contribution in [-0.4, -0.2) is 53.3 Å². The van der Waals surface area contributed by atoms with Gasteiger partial charge in [-0.05, 0) is 75.8 Å². The summed E-state index contributed by atoms with van der Waals surface area (Å²) in [5.41, 5.74) is 1.72. The van der Waals surface area contributed by atoms with Gasteiger partial charge >= 0.3 is 0 Å². The van der Waals surface area contributed by atoms with Crippen LogP contribution in [0.2, 0.25) is 0 Å². The largest absolute Gasteiger partial charge is 0.352 e. The van der Waals surface area contributed by atoms with Gasteiger partial charge in [0.05, 0.1) is 0 Å². The van der Waals surface area contributed by atoms with Gasteiger partial charge in [-0.1, -0.05) is 11.8 Å². The number of likely N-dealkylation sites (tertiary alicyclic amines) is 1. The van der Waals surface area contributed by atoms with Crippen LogP contribution in [0, 0.1) is 5.92 Å². The second-order valence-electron chi connectivity index (χ2n) is 6.62. The highest BCUT2D eigenvalue weighted by Crippen LogP contribution is 2.20. The fraction of sp³-hybridized carbons (Fsp3) is 0.474. The number of thioether (sulfide) groups is 1. The highest BCUT2D eigenvalue weighted by Gasteiger charge is 2.16. The standard InChI is InChI=1S/C19H26N4OS/c1-22-12-8-15(9-13-22)7-10-20-18(24)16-3-5-17(6-4-16)23-14-11-21-19(23)25-2/h3-6,11,14-15H,7-10,12-13H2,1-2H3,(H,20,24). The molecule has 0 atom stereocenters. The van der Waals surface area contributed by atoms with Gasteiger partial charge in [-0.2, -0.15) is 0 Å². The van der Waals surface area contributed by atoms with Gasteiger partial charge in [-0.3, -0.25) is 9.36 Å². The molecule has 1 aliphatic heterocycles. The van der Waals surface area contributed by atoms with Crippen molar-refractivity contribution in [1.29, 1.82) is 0 Å². The Labute approximate surface area is 153 Å². The van der Waals surface area contributed by atoms with Crippen molar-refractivity contribution in [2.75, 3.05) is 32.9 Å². The van der Waals surface area contributed by atoms with E-state index in [0.717, 1.165) is 29.7 Å². The lowest BCUT2D eigenvalue weighted by atomic mass is 9.94. The van der Waals surface area contributed by atoms with Crippen molar-refractivity contribution in [2.24, 2.45) is 5.92 Å². The minimum Gasteiger partial charge on any atom is -0.352 e. The Morgan fingerprint density at radius 2 is 2.00 bits per heavy atom. The number of aromatic nitrogens is 2. The molecule has 3 rings (SSSR count). The van der Waals surface area contributed by atoms with Crippen LogP contribution in [0.1, 0.15) is 29.6 Å². The first-order valence-corrected chi connectivity index (χ1v) is 10.0. The first-order valence-electron chi connectivity index (χ1n) is 8.82. The van der Waals surface area contributed by atoms with Crippen molar-refractivity contribution in [3.05, 3.63) is 42.2 Å². The lowest BCUT2D eigenvalue weighted by molar-refractivity contribution is 0.0949. The number of carbonyl (C=O) groups is 1. The summed E-state index contributed by atoms with van der Waals surface area (Å²) >= 11 is 1.60. The molecular formula is C19H26N4OS. The lowest BCUT2D eigenvalue weighted by Gasteiger charge is -2.28. The molecule has 0 saturated carbocycles. The van der Waals surface area contributed by atoms with Crippen LogP contribution in [0.5, 0.6) is 0 Å². The minimum atomic E-state index is 0.00944. The van der Waals surface area contributed by atoms with Crippen molar-refractivity contribution < 1.29 is 4.79 Å². The topological polar surface area (TPSA) is 50.2 Å². The molecule has 1 fully saturated rings. The molecule has 0 unspecified atom stereocenters. The average molecular weight is 359 g/mol. The molecule has 0 radical (unpaired) electrons. The Morgan fingerprint density at radius 3 is 2.68 bits per heavy atom. The summed E-state index contributed by atoms with van der Waals surface area (Å²) in [6.45, 7) is 3.10. The SMILES string of the molecule is CSc1nccn1-c1ccc(C(=O)NCCC2CCN(C)CC2)cc1. The molecule has 25 heavy (non-hydrogen) atoms. The van der Waals surface area contributed by atoms with Gasteiger partial charge in [0.25, 0.3) is 5.91 Å². The normalized spacial score (nSPS) is 16.1. The van der Waals surface area contributed by atoms with E-state index in [2.05, 4.69) is 22.2 Å². The van der Waals surface area contributed by atoms with Crippen LogP contribution in [0.3, 0.4) is 0 Å². The summed E-state index contributed by atoms with van der Waals surface area (Å²) in [4.78, 5) is 19.0. The van der Waals surface area contributed by atoms with Gasteiger partial charge in [0.2, 0.25) is 0 Å². The predicted molar refractivity (Wildman–Crippen MR) is 103 cm³/mol. The molecule has 6 heteroatoms. The fourth-order valence-electron chi connectivity index (χ4n) is 3.25. The van der Waals surface area contributed by atoms with Crippen molar-refractivity contribution in [3.63, 3.8) is 0 Å².